The van der Waals surface area contributed by atoms with Gasteiger partial charge >= 0.3 is 0 Å². The third-order valence-electron chi connectivity index (χ3n) is 4.69. The molecule has 1 aromatic carbocycles. The Balaban J connectivity index is 1.79. The number of aromatic hydroxyl groups is 1. The monoisotopic (exact) mass is 487 g/mol. The Labute approximate surface area is 171 Å². The zero-order valence-corrected chi connectivity index (χ0v) is 17.6. The number of thioether (sulfide) groups is 1. The van der Waals surface area contributed by atoms with Crippen LogP contribution in [-0.2, 0) is 4.79 Å². The Hall–Kier alpha value is -1.22. The summed E-state index contributed by atoms with van der Waals surface area (Å²) in [6.07, 6.45) is 7.50. The van der Waals surface area contributed by atoms with Crippen molar-refractivity contribution < 1.29 is 19.4 Å². The van der Waals surface area contributed by atoms with Crippen molar-refractivity contribution in [3.05, 3.63) is 26.2 Å². The van der Waals surface area contributed by atoms with Crippen LogP contribution in [0.5, 0.6) is 11.5 Å². The SMILES string of the molecule is CCOc1cc(/C=C2/SC(=O)N(CC3CCCCC3)C2=O)cc(I)c1O. The maximum Gasteiger partial charge on any atom is 0.293 e. The number of hydrogen-bond acceptors (Lipinski definition) is 5. The number of carbonyl (C=O) groups excluding carboxylic acids is 2. The number of nitrogens with zero attached hydrogens (tertiary/aromatic N) is 1. The van der Waals surface area contributed by atoms with Crippen LogP contribution in [0.2, 0.25) is 0 Å². The van der Waals surface area contributed by atoms with Gasteiger partial charge in [0.1, 0.15) is 0 Å². The fourth-order valence-corrected chi connectivity index (χ4v) is 4.85. The van der Waals surface area contributed by atoms with Crippen LogP contribution < -0.4 is 4.74 Å². The van der Waals surface area contributed by atoms with Crippen molar-refractivity contribution in [2.24, 2.45) is 5.92 Å². The molecule has 140 valence electrons. The first-order valence-corrected chi connectivity index (χ1v) is 10.8. The third kappa shape index (κ3) is 4.36. The van der Waals surface area contributed by atoms with E-state index in [4.69, 9.17) is 4.74 Å². The van der Waals surface area contributed by atoms with Crippen LogP contribution in [0.4, 0.5) is 4.79 Å². The average molecular weight is 487 g/mol. The number of ether oxygens (including phenoxy) is 1. The lowest BCUT2D eigenvalue weighted by molar-refractivity contribution is -0.123. The zero-order chi connectivity index (χ0) is 18.7. The second kappa shape index (κ2) is 8.65. The summed E-state index contributed by atoms with van der Waals surface area (Å²) in [5.74, 6) is 0.685. The summed E-state index contributed by atoms with van der Waals surface area (Å²) < 4.78 is 6.08. The quantitative estimate of drug-likeness (QED) is 0.467. The molecule has 5 nitrogen and oxygen atoms in total. The highest BCUT2D eigenvalue weighted by molar-refractivity contribution is 14.1. The summed E-state index contributed by atoms with van der Waals surface area (Å²) >= 11 is 3.01. The van der Waals surface area contributed by atoms with Gasteiger partial charge in [0.25, 0.3) is 11.1 Å². The number of phenols is 1. The van der Waals surface area contributed by atoms with Gasteiger partial charge in [-0.1, -0.05) is 19.3 Å². The molecule has 3 rings (SSSR count). The van der Waals surface area contributed by atoms with E-state index in [-0.39, 0.29) is 16.9 Å². The lowest BCUT2D eigenvalue weighted by atomic mass is 9.89. The number of carbonyl (C=O) groups is 2. The summed E-state index contributed by atoms with van der Waals surface area (Å²) in [4.78, 5) is 26.8. The molecule has 0 bridgehead atoms. The molecular formula is C19H22INO4S. The smallest absolute Gasteiger partial charge is 0.293 e. The first-order chi connectivity index (χ1) is 12.5. The fourth-order valence-electron chi connectivity index (χ4n) is 3.38. The van der Waals surface area contributed by atoms with Gasteiger partial charge in [-0.05, 0) is 83.8 Å². The normalized spacial score (nSPS) is 20.2. The van der Waals surface area contributed by atoms with E-state index in [1.165, 1.54) is 24.2 Å². The number of imide groups is 1. The van der Waals surface area contributed by atoms with Crippen LogP contribution in [0, 0.1) is 9.49 Å². The Morgan fingerprint density at radius 2 is 2.04 bits per heavy atom. The fraction of sp³-hybridized carbons (Fsp3) is 0.474. The maximum atomic E-state index is 12.7. The number of phenolic OH excluding ortho intramolecular Hbond substituents is 1. The molecule has 2 fully saturated rings. The first-order valence-electron chi connectivity index (χ1n) is 8.90. The molecule has 1 heterocycles. The van der Waals surface area contributed by atoms with Crippen molar-refractivity contribution in [1.82, 2.24) is 4.90 Å². The van der Waals surface area contributed by atoms with E-state index < -0.39 is 0 Å². The summed E-state index contributed by atoms with van der Waals surface area (Å²) in [5, 5.41) is 9.86. The molecule has 0 atom stereocenters. The molecule has 1 N–H and O–H groups in total. The number of halogens is 1. The van der Waals surface area contributed by atoms with Gasteiger partial charge in [0.05, 0.1) is 15.1 Å². The average Bonchev–Trinajstić information content (AvgIpc) is 2.88. The molecule has 1 aromatic rings. The largest absolute Gasteiger partial charge is 0.504 e. The molecule has 1 aliphatic carbocycles. The highest BCUT2D eigenvalue weighted by Crippen LogP contribution is 2.37. The third-order valence-corrected chi connectivity index (χ3v) is 6.42. The minimum atomic E-state index is -0.216. The molecule has 2 amide bonds. The van der Waals surface area contributed by atoms with E-state index in [1.807, 2.05) is 29.5 Å². The van der Waals surface area contributed by atoms with E-state index in [2.05, 4.69) is 0 Å². The minimum absolute atomic E-state index is 0.0926. The van der Waals surface area contributed by atoms with E-state index >= 15 is 0 Å². The number of benzene rings is 1. The van der Waals surface area contributed by atoms with Crippen LogP contribution in [0.15, 0.2) is 17.0 Å². The van der Waals surface area contributed by atoms with Crippen molar-refractivity contribution in [3.8, 4) is 11.5 Å². The van der Waals surface area contributed by atoms with Crippen molar-refractivity contribution in [3.63, 3.8) is 0 Å². The number of hydrogen-bond donors (Lipinski definition) is 1. The topological polar surface area (TPSA) is 66.8 Å². The highest BCUT2D eigenvalue weighted by atomic mass is 127. The standard InChI is InChI=1S/C19H22INO4S/c1-2-25-15-9-13(8-14(20)17(15)22)10-16-18(23)21(19(24)26-16)11-12-6-4-3-5-7-12/h8-10,12,22H,2-7,11H2,1H3/b16-10+. The summed E-state index contributed by atoms with van der Waals surface area (Å²) in [6.45, 7) is 2.81. The molecule has 0 radical (unpaired) electrons. The highest BCUT2D eigenvalue weighted by Gasteiger charge is 2.36. The van der Waals surface area contributed by atoms with Crippen molar-refractivity contribution in [2.75, 3.05) is 13.2 Å². The second-order valence-electron chi connectivity index (χ2n) is 6.58. The number of amides is 2. The van der Waals surface area contributed by atoms with Gasteiger partial charge < -0.3 is 9.84 Å². The van der Waals surface area contributed by atoms with Gasteiger partial charge in [-0.2, -0.15) is 0 Å². The second-order valence-corrected chi connectivity index (χ2v) is 8.73. The van der Waals surface area contributed by atoms with Crippen LogP contribution in [-0.4, -0.2) is 34.3 Å². The Kier molecular flexibility index (Phi) is 6.50. The lowest BCUT2D eigenvalue weighted by Crippen LogP contribution is -2.34. The minimum Gasteiger partial charge on any atom is -0.504 e. The van der Waals surface area contributed by atoms with Gasteiger partial charge in [0.15, 0.2) is 11.5 Å². The molecule has 0 spiro atoms. The molecule has 7 heteroatoms. The van der Waals surface area contributed by atoms with Gasteiger partial charge in [-0.3, -0.25) is 14.5 Å². The molecular weight excluding hydrogens is 465 g/mol. The molecule has 1 aliphatic heterocycles. The van der Waals surface area contributed by atoms with Gasteiger partial charge in [0.2, 0.25) is 0 Å². The van der Waals surface area contributed by atoms with Crippen molar-refractivity contribution in [2.45, 2.75) is 39.0 Å². The Bertz CT molecular complexity index is 743. The molecule has 1 saturated carbocycles. The molecule has 0 aromatic heterocycles. The number of rotatable bonds is 5. The first kappa shape index (κ1) is 19.5. The van der Waals surface area contributed by atoms with Crippen LogP contribution >= 0.6 is 34.4 Å². The Morgan fingerprint density at radius 1 is 1.31 bits per heavy atom. The van der Waals surface area contributed by atoms with E-state index in [0.29, 0.717) is 33.3 Å². The zero-order valence-electron chi connectivity index (χ0n) is 14.7. The lowest BCUT2D eigenvalue weighted by Gasteiger charge is -2.25. The molecule has 26 heavy (non-hydrogen) atoms. The van der Waals surface area contributed by atoms with Gasteiger partial charge in [-0.25, -0.2) is 0 Å². The van der Waals surface area contributed by atoms with E-state index in [1.54, 1.807) is 18.2 Å². The summed E-state index contributed by atoms with van der Waals surface area (Å²) in [7, 11) is 0. The summed E-state index contributed by atoms with van der Waals surface area (Å²) in [5.41, 5.74) is 0.735. The van der Waals surface area contributed by atoms with E-state index in [9.17, 15) is 14.7 Å². The van der Waals surface area contributed by atoms with Crippen LogP contribution in [0.25, 0.3) is 6.08 Å². The molecule has 2 aliphatic rings. The van der Waals surface area contributed by atoms with Crippen molar-refractivity contribution >= 4 is 51.6 Å². The van der Waals surface area contributed by atoms with Crippen molar-refractivity contribution in [1.29, 1.82) is 0 Å². The maximum absolute atomic E-state index is 12.7. The van der Waals surface area contributed by atoms with Crippen LogP contribution in [0.1, 0.15) is 44.6 Å². The van der Waals surface area contributed by atoms with Gasteiger partial charge in [0, 0.05) is 6.54 Å². The predicted octanol–water partition coefficient (Wildman–Crippen LogP) is 5.01. The summed E-state index contributed by atoms with van der Waals surface area (Å²) in [6, 6.07) is 3.46. The predicted molar refractivity (Wildman–Crippen MR) is 111 cm³/mol. The van der Waals surface area contributed by atoms with Gasteiger partial charge in [-0.15, -0.1) is 0 Å². The van der Waals surface area contributed by atoms with E-state index in [0.717, 1.165) is 30.2 Å². The van der Waals surface area contributed by atoms with Crippen LogP contribution in [0.3, 0.4) is 0 Å². The molecule has 0 unspecified atom stereocenters. The Morgan fingerprint density at radius 3 is 2.73 bits per heavy atom. The molecule has 1 saturated heterocycles.